The summed E-state index contributed by atoms with van der Waals surface area (Å²) in [5.41, 5.74) is 5.19. The molecular formula is C15H30N2O. The molecule has 1 heterocycles. The average molecular weight is 254 g/mol. The minimum absolute atomic E-state index is 0.420. The first kappa shape index (κ1) is 14.3. The lowest BCUT2D eigenvalue weighted by molar-refractivity contribution is -0.00159. The molecule has 1 saturated heterocycles. The van der Waals surface area contributed by atoms with Crippen LogP contribution in [0.15, 0.2) is 0 Å². The van der Waals surface area contributed by atoms with Gasteiger partial charge in [0.2, 0.25) is 0 Å². The largest absolute Gasteiger partial charge is 0.388 e. The van der Waals surface area contributed by atoms with E-state index in [1.807, 2.05) is 0 Å². The van der Waals surface area contributed by atoms with Gasteiger partial charge in [0.1, 0.15) is 0 Å². The van der Waals surface area contributed by atoms with Crippen LogP contribution < -0.4 is 5.73 Å². The summed E-state index contributed by atoms with van der Waals surface area (Å²) >= 11 is 0. The summed E-state index contributed by atoms with van der Waals surface area (Å²) in [7, 11) is 0. The minimum atomic E-state index is -0.567. The summed E-state index contributed by atoms with van der Waals surface area (Å²) in [4.78, 5) is 2.64. The van der Waals surface area contributed by atoms with Gasteiger partial charge in [0.05, 0.1) is 5.60 Å². The molecule has 2 rings (SSSR count). The number of aliphatic hydroxyl groups is 1. The van der Waals surface area contributed by atoms with Crippen LogP contribution in [0, 0.1) is 5.92 Å². The van der Waals surface area contributed by atoms with Crippen LogP contribution in [0.3, 0.4) is 0 Å². The van der Waals surface area contributed by atoms with Crippen molar-refractivity contribution in [3.8, 4) is 0 Å². The van der Waals surface area contributed by atoms with Crippen LogP contribution in [0.5, 0.6) is 0 Å². The highest BCUT2D eigenvalue weighted by Gasteiger charge is 2.40. The number of hydrogen-bond acceptors (Lipinski definition) is 3. The predicted molar refractivity (Wildman–Crippen MR) is 75.4 cm³/mol. The second-order valence-corrected chi connectivity index (χ2v) is 6.55. The van der Waals surface area contributed by atoms with Gasteiger partial charge in [-0.15, -0.1) is 0 Å². The Balaban J connectivity index is 1.87. The van der Waals surface area contributed by atoms with Crippen LogP contribution in [-0.2, 0) is 0 Å². The number of nitrogens with zero attached hydrogens (tertiary/aromatic N) is 1. The fraction of sp³-hybridized carbons (Fsp3) is 1.00. The molecule has 1 aliphatic heterocycles. The lowest BCUT2D eigenvalue weighted by Gasteiger charge is -2.40. The SMILES string of the molecule is CC1CCCC(C)N1CCC1CCCC1(O)CN. The van der Waals surface area contributed by atoms with E-state index >= 15 is 0 Å². The molecule has 1 saturated carbocycles. The number of likely N-dealkylation sites (tertiary alicyclic amines) is 1. The summed E-state index contributed by atoms with van der Waals surface area (Å²) < 4.78 is 0. The van der Waals surface area contributed by atoms with Gasteiger partial charge in [0.25, 0.3) is 0 Å². The zero-order valence-corrected chi connectivity index (χ0v) is 12.1. The zero-order chi connectivity index (χ0) is 13.2. The Morgan fingerprint density at radius 3 is 2.44 bits per heavy atom. The van der Waals surface area contributed by atoms with Crippen molar-refractivity contribution in [2.24, 2.45) is 11.7 Å². The summed E-state index contributed by atoms with van der Waals surface area (Å²) in [5, 5.41) is 10.5. The summed E-state index contributed by atoms with van der Waals surface area (Å²) in [5.74, 6) is 0.420. The standard InChI is InChI=1S/C15H30N2O/c1-12-5-3-6-13(2)17(12)10-8-14-7-4-9-15(14,18)11-16/h12-14,18H,3-11,16H2,1-2H3. The van der Waals surface area contributed by atoms with Gasteiger partial charge in [-0.05, 0) is 58.4 Å². The normalized spacial score (nSPS) is 42.3. The van der Waals surface area contributed by atoms with Crippen molar-refractivity contribution in [3.05, 3.63) is 0 Å². The summed E-state index contributed by atoms with van der Waals surface area (Å²) in [6.45, 7) is 6.26. The molecule has 0 aromatic rings. The topological polar surface area (TPSA) is 49.5 Å². The molecule has 0 bridgehead atoms. The maximum absolute atomic E-state index is 10.5. The lowest BCUT2D eigenvalue weighted by Crippen LogP contribution is -2.47. The van der Waals surface area contributed by atoms with Gasteiger partial charge in [0, 0.05) is 18.6 Å². The fourth-order valence-electron chi connectivity index (χ4n) is 4.03. The highest BCUT2D eigenvalue weighted by atomic mass is 16.3. The van der Waals surface area contributed by atoms with Gasteiger partial charge in [-0.2, -0.15) is 0 Å². The van der Waals surface area contributed by atoms with Gasteiger partial charge in [-0.1, -0.05) is 12.8 Å². The third kappa shape index (κ3) is 2.89. The lowest BCUT2D eigenvalue weighted by atomic mass is 9.87. The first-order valence-corrected chi connectivity index (χ1v) is 7.75. The van der Waals surface area contributed by atoms with Crippen molar-refractivity contribution < 1.29 is 5.11 Å². The Labute approximate surface area is 112 Å². The number of piperidine rings is 1. The zero-order valence-electron chi connectivity index (χ0n) is 12.1. The molecule has 0 amide bonds. The molecule has 2 aliphatic rings. The monoisotopic (exact) mass is 254 g/mol. The number of rotatable bonds is 4. The van der Waals surface area contributed by atoms with E-state index in [4.69, 9.17) is 5.73 Å². The molecular weight excluding hydrogens is 224 g/mol. The van der Waals surface area contributed by atoms with Crippen molar-refractivity contribution in [1.82, 2.24) is 4.90 Å². The van der Waals surface area contributed by atoms with Crippen molar-refractivity contribution in [2.75, 3.05) is 13.1 Å². The van der Waals surface area contributed by atoms with Crippen LogP contribution in [0.2, 0.25) is 0 Å². The van der Waals surface area contributed by atoms with E-state index in [0.29, 0.717) is 24.5 Å². The third-order valence-electron chi connectivity index (χ3n) is 5.39. The van der Waals surface area contributed by atoms with Crippen LogP contribution in [0.1, 0.15) is 58.8 Å². The Bertz CT molecular complexity index is 259. The van der Waals surface area contributed by atoms with E-state index in [9.17, 15) is 5.11 Å². The molecule has 0 spiro atoms. The molecule has 106 valence electrons. The van der Waals surface area contributed by atoms with E-state index in [-0.39, 0.29) is 0 Å². The molecule has 3 N–H and O–H groups in total. The predicted octanol–water partition coefficient (Wildman–Crippen LogP) is 2.13. The Hall–Kier alpha value is -0.120. The summed E-state index contributed by atoms with van der Waals surface area (Å²) in [6, 6.07) is 1.42. The van der Waals surface area contributed by atoms with E-state index < -0.39 is 5.60 Å². The van der Waals surface area contributed by atoms with Crippen molar-refractivity contribution in [3.63, 3.8) is 0 Å². The smallest absolute Gasteiger partial charge is 0.0797 e. The molecule has 1 aliphatic carbocycles. The fourth-order valence-corrected chi connectivity index (χ4v) is 4.03. The Morgan fingerprint density at radius 2 is 1.83 bits per heavy atom. The highest BCUT2D eigenvalue weighted by molar-refractivity contribution is 4.94. The molecule has 0 radical (unpaired) electrons. The molecule has 18 heavy (non-hydrogen) atoms. The molecule has 2 fully saturated rings. The van der Waals surface area contributed by atoms with Crippen molar-refractivity contribution in [1.29, 1.82) is 0 Å². The molecule has 0 aromatic heterocycles. The summed E-state index contributed by atoms with van der Waals surface area (Å²) in [6.07, 6.45) is 8.34. The second kappa shape index (κ2) is 5.89. The van der Waals surface area contributed by atoms with E-state index in [0.717, 1.165) is 32.2 Å². The maximum atomic E-state index is 10.5. The van der Waals surface area contributed by atoms with E-state index in [2.05, 4.69) is 18.7 Å². The maximum Gasteiger partial charge on any atom is 0.0797 e. The average Bonchev–Trinajstić information content (AvgIpc) is 2.71. The molecule has 3 nitrogen and oxygen atoms in total. The van der Waals surface area contributed by atoms with Crippen LogP contribution in [-0.4, -0.2) is 40.8 Å². The molecule has 4 unspecified atom stereocenters. The highest BCUT2D eigenvalue weighted by Crippen LogP contribution is 2.37. The van der Waals surface area contributed by atoms with Crippen LogP contribution in [0.25, 0.3) is 0 Å². The van der Waals surface area contributed by atoms with Gasteiger partial charge >= 0.3 is 0 Å². The van der Waals surface area contributed by atoms with Gasteiger partial charge in [-0.3, -0.25) is 4.90 Å². The first-order valence-electron chi connectivity index (χ1n) is 7.75. The van der Waals surface area contributed by atoms with Gasteiger partial charge < -0.3 is 10.8 Å². The van der Waals surface area contributed by atoms with Gasteiger partial charge in [0.15, 0.2) is 0 Å². The van der Waals surface area contributed by atoms with Crippen molar-refractivity contribution >= 4 is 0 Å². The van der Waals surface area contributed by atoms with E-state index in [1.165, 1.54) is 19.3 Å². The molecule has 0 aromatic carbocycles. The number of hydrogen-bond donors (Lipinski definition) is 2. The van der Waals surface area contributed by atoms with Gasteiger partial charge in [-0.25, -0.2) is 0 Å². The molecule has 3 heteroatoms. The van der Waals surface area contributed by atoms with Crippen LogP contribution >= 0.6 is 0 Å². The quantitative estimate of drug-likeness (QED) is 0.808. The third-order valence-corrected chi connectivity index (χ3v) is 5.39. The Kier molecular flexibility index (Phi) is 4.68. The minimum Gasteiger partial charge on any atom is -0.388 e. The Morgan fingerprint density at radius 1 is 1.17 bits per heavy atom. The van der Waals surface area contributed by atoms with Crippen molar-refractivity contribution in [2.45, 2.75) is 76.5 Å². The second-order valence-electron chi connectivity index (χ2n) is 6.55. The molecule has 4 atom stereocenters. The first-order chi connectivity index (χ1) is 8.57. The van der Waals surface area contributed by atoms with Crippen LogP contribution in [0.4, 0.5) is 0 Å². The van der Waals surface area contributed by atoms with E-state index in [1.54, 1.807) is 0 Å². The number of nitrogens with two attached hydrogens (primary N) is 1.